The molecule has 0 unspecified atom stereocenters. The maximum atomic E-state index is 0. The van der Waals surface area contributed by atoms with Crippen molar-refractivity contribution in [3.63, 3.8) is 0 Å². The van der Waals surface area contributed by atoms with Crippen LogP contribution in [0.5, 0.6) is 0 Å². The van der Waals surface area contributed by atoms with Crippen LogP contribution in [0, 0.1) is 0 Å². The van der Waals surface area contributed by atoms with E-state index in [-0.39, 0.29) is 97.4 Å². The van der Waals surface area contributed by atoms with Crippen LogP contribution in [0.25, 0.3) is 0 Å². The van der Waals surface area contributed by atoms with Crippen molar-refractivity contribution in [2.75, 3.05) is 0 Å². The standard InChI is InChI=1S/Cu.Ni.Pd.Sn.Zn. The van der Waals surface area contributed by atoms with Crippen LogP contribution < -0.4 is 0 Å². The fourth-order valence-electron chi connectivity index (χ4n) is 0. The van der Waals surface area contributed by atoms with Crippen molar-refractivity contribution in [2.24, 2.45) is 0 Å². The van der Waals surface area contributed by atoms with E-state index in [9.17, 15) is 0 Å². The van der Waals surface area contributed by atoms with Crippen molar-refractivity contribution < 1.29 is 73.5 Å². The molecular formula is CuNiPdSnZn. The second-order valence-electron chi connectivity index (χ2n) is 0. The largest absolute Gasteiger partial charge is 0 e. The first-order valence-corrected chi connectivity index (χ1v) is 0. The zero-order valence-corrected chi connectivity index (χ0v) is 11.4. The minimum absolute atomic E-state index is 0. The van der Waals surface area contributed by atoms with Gasteiger partial charge in [0.05, 0.1) is 0 Å². The Kier molecular flexibility index (Phi) is 234. The minimum Gasteiger partial charge on any atom is 0 e. The van der Waals surface area contributed by atoms with Gasteiger partial charge in [-0.25, -0.2) is 0 Å². The Labute approximate surface area is 95.8 Å². The summed E-state index contributed by atoms with van der Waals surface area (Å²) >= 11 is 0. The van der Waals surface area contributed by atoms with Gasteiger partial charge in [0.1, 0.15) is 0 Å². The molecule has 0 aromatic carbocycles. The number of rotatable bonds is 0. The van der Waals surface area contributed by atoms with Gasteiger partial charge < -0.3 is 0 Å². The first kappa shape index (κ1) is 42.5. The van der Waals surface area contributed by atoms with Crippen molar-refractivity contribution in [3.8, 4) is 0 Å². The molecule has 0 aliphatic carbocycles. The van der Waals surface area contributed by atoms with Gasteiger partial charge in [0.15, 0.2) is 0 Å². The average molecular weight is 413 g/mol. The third kappa shape index (κ3) is 19.2. The summed E-state index contributed by atoms with van der Waals surface area (Å²) in [5.41, 5.74) is 0. The molecule has 0 N–H and O–H groups in total. The van der Waals surface area contributed by atoms with Crippen molar-refractivity contribution in [1.29, 1.82) is 0 Å². The third-order valence-electron chi connectivity index (χ3n) is 0. The topological polar surface area (TPSA) is 0 Å². The van der Waals surface area contributed by atoms with Gasteiger partial charge in [-0.1, -0.05) is 0 Å². The number of hydrogen-bond donors (Lipinski definition) is 0. The van der Waals surface area contributed by atoms with Crippen LogP contribution in [0.4, 0.5) is 0 Å². The van der Waals surface area contributed by atoms with E-state index in [2.05, 4.69) is 0 Å². The number of hydrogen-bond acceptors (Lipinski definition) is 0. The van der Waals surface area contributed by atoms with Crippen molar-refractivity contribution >= 4 is 23.9 Å². The van der Waals surface area contributed by atoms with Crippen molar-refractivity contribution in [3.05, 3.63) is 0 Å². The van der Waals surface area contributed by atoms with Gasteiger partial charge in [-0.05, 0) is 0 Å². The van der Waals surface area contributed by atoms with Gasteiger partial charge in [-0.15, -0.1) is 0 Å². The normalized spacial score (nSPS) is 0. The van der Waals surface area contributed by atoms with Crippen LogP contribution in [0.3, 0.4) is 0 Å². The summed E-state index contributed by atoms with van der Waals surface area (Å²) in [4.78, 5) is 0. The molecule has 0 aromatic heterocycles. The Morgan fingerprint density at radius 3 is 1.00 bits per heavy atom. The van der Waals surface area contributed by atoms with E-state index < -0.39 is 0 Å². The van der Waals surface area contributed by atoms with Gasteiger partial charge in [0, 0.05) is 97.4 Å². The summed E-state index contributed by atoms with van der Waals surface area (Å²) in [7, 11) is 0. The molecule has 37 valence electrons. The van der Waals surface area contributed by atoms with Crippen LogP contribution in [0.15, 0.2) is 0 Å². The van der Waals surface area contributed by atoms with Gasteiger partial charge in [0.2, 0.25) is 0 Å². The zero-order chi connectivity index (χ0) is 0. The van der Waals surface area contributed by atoms with E-state index >= 15 is 0 Å². The molecule has 0 aromatic rings. The molecule has 0 aliphatic rings. The SMILES string of the molecule is [Cu].[Ni].[Pd].[Sn].[Zn]. The summed E-state index contributed by atoms with van der Waals surface area (Å²) in [5.74, 6) is 0. The Balaban J connectivity index is 0. The molecule has 0 fully saturated rings. The van der Waals surface area contributed by atoms with Crippen LogP contribution in [0.1, 0.15) is 0 Å². The van der Waals surface area contributed by atoms with E-state index in [1.807, 2.05) is 0 Å². The van der Waals surface area contributed by atoms with Gasteiger partial charge in [0.25, 0.3) is 0 Å². The molecule has 5 heavy (non-hydrogen) atoms. The molecule has 0 spiro atoms. The predicted octanol–water partition coefficient (Wildman–Crippen LogP) is -0.391. The second kappa shape index (κ2) is 27.5. The Bertz CT molecular complexity index is 11.6. The molecule has 5 radical (unpaired) electrons. The molecule has 0 rings (SSSR count). The van der Waals surface area contributed by atoms with Gasteiger partial charge in [-0.2, -0.15) is 0 Å². The molecule has 0 bridgehead atoms. The van der Waals surface area contributed by atoms with Crippen LogP contribution >= 0.6 is 0 Å². The molecule has 0 saturated heterocycles. The van der Waals surface area contributed by atoms with Crippen molar-refractivity contribution in [1.82, 2.24) is 0 Å². The first-order valence-electron chi connectivity index (χ1n) is 0. The Morgan fingerprint density at radius 1 is 1.00 bits per heavy atom. The third-order valence-corrected chi connectivity index (χ3v) is 0. The zero-order valence-electron chi connectivity index (χ0n) is 2.14. The summed E-state index contributed by atoms with van der Waals surface area (Å²) in [6.45, 7) is 0. The van der Waals surface area contributed by atoms with Gasteiger partial charge in [-0.3, -0.25) is 0 Å². The first-order chi connectivity index (χ1) is 0. The van der Waals surface area contributed by atoms with Crippen molar-refractivity contribution in [2.45, 2.75) is 0 Å². The smallest absolute Gasteiger partial charge is 0 e. The van der Waals surface area contributed by atoms with Crippen LogP contribution in [-0.4, -0.2) is 23.9 Å². The maximum absolute atomic E-state index is 0. The van der Waals surface area contributed by atoms with E-state index in [0.717, 1.165) is 0 Å². The van der Waals surface area contributed by atoms with E-state index in [1.54, 1.807) is 0 Å². The van der Waals surface area contributed by atoms with Crippen LogP contribution in [-0.2, 0) is 73.5 Å². The molecule has 0 nitrogen and oxygen atoms in total. The molecule has 0 amide bonds. The summed E-state index contributed by atoms with van der Waals surface area (Å²) < 4.78 is 0. The Morgan fingerprint density at radius 2 is 1.00 bits per heavy atom. The molecule has 0 aliphatic heterocycles. The maximum Gasteiger partial charge on any atom is 0 e. The molecule has 5 heteroatoms. The molecule has 0 heterocycles. The Hall–Kier alpha value is 3.10. The molecular weight excluding hydrogens is 413 g/mol. The average Bonchev–Trinajstić information content (AvgIpc) is 0. The van der Waals surface area contributed by atoms with E-state index in [1.165, 1.54) is 0 Å². The fourth-order valence-corrected chi connectivity index (χ4v) is 0. The molecule has 0 saturated carbocycles. The monoisotopic (exact) mass is 411 g/mol. The van der Waals surface area contributed by atoms with E-state index in [0.29, 0.717) is 0 Å². The predicted molar refractivity (Wildman–Crippen MR) is 5.75 cm³/mol. The fraction of sp³-hybridized carbons (Fsp3) is 0. The quantitative estimate of drug-likeness (QED) is 0.476. The summed E-state index contributed by atoms with van der Waals surface area (Å²) in [5, 5.41) is 0. The van der Waals surface area contributed by atoms with Crippen LogP contribution in [0.2, 0.25) is 0 Å². The molecule has 0 atom stereocenters. The second-order valence-corrected chi connectivity index (χ2v) is 0. The van der Waals surface area contributed by atoms with E-state index in [4.69, 9.17) is 0 Å². The summed E-state index contributed by atoms with van der Waals surface area (Å²) in [6.07, 6.45) is 0. The minimum atomic E-state index is 0. The summed E-state index contributed by atoms with van der Waals surface area (Å²) in [6, 6.07) is 0. The van der Waals surface area contributed by atoms with Gasteiger partial charge >= 0.3 is 0 Å².